The number of nitrogens with zero attached hydrogens (tertiary/aromatic N) is 4. The fraction of sp³-hybridized carbons (Fsp3) is 0.350. The number of nitrogens with one attached hydrogen (secondary N) is 1. The maximum atomic E-state index is 12.7. The van der Waals surface area contributed by atoms with Crippen LogP contribution < -0.4 is 10.2 Å². The molecule has 1 aromatic carbocycles. The first-order valence-electron chi connectivity index (χ1n) is 9.07. The first-order chi connectivity index (χ1) is 13.4. The third-order valence-corrected chi connectivity index (χ3v) is 4.95. The summed E-state index contributed by atoms with van der Waals surface area (Å²) in [6.07, 6.45) is 1.51. The molecule has 2 aromatic rings. The van der Waals surface area contributed by atoms with Gasteiger partial charge in [0.1, 0.15) is 5.82 Å². The predicted molar refractivity (Wildman–Crippen MR) is 105 cm³/mol. The molecule has 1 fully saturated rings. The molecule has 1 unspecified atom stereocenters. The van der Waals surface area contributed by atoms with Gasteiger partial charge in [0.05, 0.1) is 28.0 Å². The van der Waals surface area contributed by atoms with Gasteiger partial charge in [-0.2, -0.15) is 5.26 Å². The molecule has 1 saturated heterocycles. The van der Waals surface area contributed by atoms with Crippen LogP contribution in [0.15, 0.2) is 30.3 Å². The number of aromatic nitrogens is 1. The Bertz CT molecular complexity index is 967. The molecule has 144 valence electrons. The minimum atomic E-state index is -0.475. The Morgan fingerprint density at radius 3 is 2.86 bits per heavy atom. The van der Waals surface area contributed by atoms with Gasteiger partial charge in [-0.3, -0.25) is 14.9 Å². The second-order valence-corrected chi connectivity index (χ2v) is 6.95. The lowest BCUT2D eigenvalue weighted by molar-refractivity contribution is -0.385. The molecule has 0 radical (unpaired) electrons. The minimum Gasteiger partial charge on any atom is -0.370 e. The van der Waals surface area contributed by atoms with Gasteiger partial charge in [-0.15, -0.1) is 0 Å². The number of aryl methyl sites for hydroxylation is 1. The molecule has 0 spiro atoms. The highest BCUT2D eigenvalue weighted by Crippen LogP contribution is 2.33. The molecule has 0 aliphatic carbocycles. The normalized spacial score (nSPS) is 16.3. The van der Waals surface area contributed by atoms with Gasteiger partial charge in [-0.05, 0) is 44.9 Å². The number of hydrogen-bond acceptors (Lipinski definition) is 6. The van der Waals surface area contributed by atoms with Crippen LogP contribution >= 0.6 is 0 Å². The van der Waals surface area contributed by atoms with E-state index in [1.165, 1.54) is 6.07 Å². The standard InChI is InChI=1S/C20H21N5O3/c1-13-5-3-7-19(22-13)23-20(26)16-6-4-8-24(12-16)17-9-15(11-21)10-18(14(17)2)25(27)28/h3,5,7,9-10,16H,4,6,8,12H2,1-2H3,(H,22,23,26). The highest BCUT2D eigenvalue weighted by atomic mass is 16.6. The molecule has 28 heavy (non-hydrogen) atoms. The number of rotatable bonds is 4. The van der Waals surface area contributed by atoms with Crippen molar-refractivity contribution < 1.29 is 9.72 Å². The molecule has 8 heteroatoms. The molecule has 1 aliphatic rings. The van der Waals surface area contributed by atoms with E-state index in [0.717, 1.165) is 18.5 Å². The van der Waals surface area contributed by atoms with Crippen LogP contribution in [0.5, 0.6) is 0 Å². The Labute approximate surface area is 163 Å². The van der Waals surface area contributed by atoms with E-state index in [1.807, 2.05) is 30.0 Å². The summed E-state index contributed by atoms with van der Waals surface area (Å²) in [7, 11) is 0. The van der Waals surface area contributed by atoms with Gasteiger partial charge in [-0.25, -0.2) is 4.98 Å². The van der Waals surface area contributed by atoms with Crippen molar-refractivity contribution in [2.45, 2.75) is 26.7 Å². The fourth-order valence-electron chi connectivity index (χ4n) is 3.52. The van der Waals surface area contributed by atoms with Crippen LogP contribution in [0.4, 0.5) is 17.2 Å². The van der Waals surface area contributed by atoms with Gasteiger partial charge >= 0.3 is 0 Å². The molecular formula is C20H21N5O3. The number of pyridine rings is 1. The van der Waals surface area contributed by atoms with Crippen LogP contribution in [0.25, 0.3) is 0 Å². The first kappa shape index (κ1) is 19.3. The predicted octanol–water partition coefficient (Wildman–Crippen LogP) is 3.33. The summed E-state index contributed by atoms with van der Waals surface area (Å²) in [4.78, 5) is 29.8. The highest BCUT2D eigenvalue weighted by Gasteiger charge is 2.29. The van der Waals surface area contributed by atoms with Crippen LogP contribution in [0.2, 0.25) is 0 Å². The van der Waals surface area contributed by atoms with Gasteiger partial charge in [0.25, 0.3) is 5.69 Å². The van der Waals surface area contributed by atoms with E-state index >= 15 is 0 Å². The van der Waals surface area contributed by atoms with Crippen LogP contribution in [0.1, 0.15) is 29.7 Å². The topological polar surface area (TPSA) is 112 Å². The van der Waals surface area contributed by atoms with E-state index in [-0.39, 0.29) is 23.1 Å². The number of carbonyl (C=O) groups is 1. The van der Waals surface area contributed by atoms with E-state index in [2.05, 4.69) is 10.3 Å². The zero-order valence-electron chi connectivity index (χ0n) is 15.8. The SMILES string of the molecule is Cc1cccc(NC(=O)C2CCCN(c3cc(C#N)cc([N+](=O)[O-])c3C)C2)n1. The molecular weight excluding hydrogens is 358 g/mol. The minimum absolute atomic E-state index is 0.0791. The fourth-order valence-corrected chi connectivity index (χ4v) is 3.52. The van der Waals surface area contributed by atoms with Crippen LogP contribution in [-0.2, 0) is 4.79 Å². The van der Waals surface area contributed by atoms with E-state index in [9.17, 15) is 20.2 Å². The van der Waals surface area contributed by atoms with Crippen molar-refractivity contribution in [2.24, 2.45) is 5.92 Å². The number of piperidine rings is 1. The van der Waals surface area contributed by atoms with Gasteiger partial charge < -0.3 is 10.2 Å². The zero-order chi connectivity index (χ0) is 20.3. The lowest BCUT2D eigenvalue weighted by atomic mass is 9.95. The number of carbonyl (C=O) groups excluding carboxylic acids is 1. The second-order valence-electron chi connectivity index (χ2n) is 6.95. The second kappa shape index (κ2) is 8.05. The summed E-state index contributed by atoms with van der Waals surface area (Å²) in [5.41, 5.74) is 2.12. The summed E-state index contributed by atoms with van der Waals surface area (Å²) < 4.78 is 0. The summed E-state index contributed by atoms with van der Waals surface area (Å²) in [5.74, 6) is 0.132. The third-order valence-electron chi connectivity index (χ3n) is 4.95. The Kier molecular flexibility index (Phi) is 5.54. The van der Waals surface area contributed by atoms with E-state index in [1.54, 1.807) is 19.1 Å². The number of nitro benzene ring substituents is 1. The maximum Gasteiger partial charge on any atom is 0.275 e. The van der Waals surface area contributed by atoms with Crippen molar-refractivity contribution in [1.82, 2.24) is 4.98 Å². The lowest BCUT2D eigenvalue weighted by Gasteiger charge is -2.34. The van der Waals surface area contributed by atoms with Gasteiger partial charge in [0.15, 0.2) is 0 Å². The van der Waals surface area contributed by atoms with Crippen molar-refractivity contribution in [1.29, 1.82) is 5.26 Å². The summed E-state index contributed by atoms with van der Waals surface area (Å²) in [6, 6.07) is 10.4. The number of nitriles is 1. The van der Waals surface area contributed by atoms with Crippen molar-refractivity contribution in [3.05, 3.63) is 57.3 Å². The average molecular weight is 379 g/mol. The van der Waals surface area contributed by atoms with Gasteiger partial charge in [0.2, 0.25) is 5.91 Å². The van der Waals surface area contributed by atoms with Gasteiger partial charge in [0, 0.05) is 30.5 Å². The smallest absolute Gasteiger partial charge is 0.275 e. The molecule has 0 bridgehead atoms. The molecule has 0 saturated carbocycles. The zero-order valence-corrected chi connectivity index (χ0v) is 15.8. The number of anilines is 2. The van der Waals surface area contributed by atoms with E-state index < -0.39 is 4.92 Å². The van der Waals surface area contributed by atoms with E-state index in [0.29, 0.717) is 30.2 Å². The molecule has 1 aromatic heterocycles. The molecule has 1 N–H and O–H groups in total. The molecule has 3 rings (SSSR count). The summed E-state index contributed by atoms with van der Waals surface area (Å²) in [5, 5.41) is 23.4. The highest BCUT2D eigenvalue weighted by molar-refractivity contribution is 5.92. The van der Waals surface area contributed by atoms with Gasteiger partial charge in [-0.1, -0.05) is 6.07 Å². The Balaban J connectivity index is 1.82. The Hall–Kier alpha value is -3.47. The molecule has 1 aliphatic heterocycles. The van der Waals surface area contributed by atoms with Crippen LogP contribution in [0, 0.1) is 41.2 Å². The average Bonchev–Trinajstić information content (AvgIpc) is 2.68. The van der Waals surface area contributed by atoms with E-state index in [4.69, 9.17) is 0 Å². The molecule has 2 heterocycles. The maximum absolute atomic E-state index is 12.7. The van der Waals surface area contributed by atoms with Crippen molar-refractivity contribution >= 4 is 23.1 Å². The Morgan fingerprint density at radius 2 is 2.18 bits per heavy atom. The van der Waals surface area contributed by atoms with Crippen molar-refractivity contribution in [3.63, 3.8) is 0 Å². The third kappa shape index (κ3) is 4.09. The first-order valence-corrected chi connectivity index (χ1v) is 9.07. The van der Waals surface area contributed by atoms with Crippen LogP contribution in [-0.4, -0.2) is 28.9 Å². The number of benzene rings is 1. The molecule has 1 atom stereocenters. The quantitative estimate of drug-likeness (QED) is 0.644. The van der Waals surface area contributed by atoms with Crippen molar-refractivity contribution in [2.75, 3.05) is 23.3 Å². The monoisotopic (exact) mass is 379 g/mol. The summed E-state index contributed by atoms with van der Waals surface area (Å²) >= 11 is 0. The summed E-state index contributed by atoms with van der Waals surface area (Å²) in [6.45, 7) is 4.65. The van der Waals surface area contributed by atoms with Crippen molar-refractivity contribution in [3.8, 4) is 6.07 Å². The number of nitro groups is 1. The lowest BCUT2D eigenvalue weighted by Crippen LogP contribution is -2.41. The number of amides is 1. The Morgan fingerprint density at radius 1 is 1.39 bits per heavy atom. The molecule has 8 nitrogen and oxygen atoms in total. The number of hydrogen-bond donors (Lipinski definition) is 1. The largest absolute Gasteiger partial charge is 0.370 e. The van der Waals surface area contributed by atoms with Crippen LogP contribution in [0.3, 0.4) is 0 Å². The molecule has 1 amide bonds.